The van der Waals surface area contributed by atoms with Gasteiger partial charge in [0.2, 0.25) is 0 Å². The molecule has 112 valence electrons. The number of hydrogen-bond donors (Lipinski definition) is 1. The number of aromatic nitrogens is 2. The first-order chi connectivity index (χ1) is 10.2. The Morgan fingerprint density at radius 1 is 1.33 bits per heavy atom. The molecule has 0 bridgehead atoms. The first-order valence-corrected chi connectivity index (χ1v) is 8.42. The lowest BCUT2D eigenvalue weighted by Crippen LogP contribution is -2.36. The standard InChI is InChI=1S/C16H21N3OS/c1-12-8-10-21-15(12)11-17-13-4-6-14(7-5-13)19-16(20)3-2-9-18-19/h2-3,8-10,13-14,17H,4-7,11H2,1H3. The predicted octanol–water partition coefficient (Wildman–Crippen LogP) is 2.89. The van der Waals surface area contributed by atoms with Crippen molar-refractivity contribution in [2.24, 2.45) is 0 Å². The van der Waals surface area contributed by atoms with Gasteiger partial charge in [-0.1, -0.05) is 0 Å². The summed E-state index contributed by atoms with van der Waals surface area (Å²) in [5.74, 6) is 0. The van der Waals surface area contributed by atoms with Gasteiger partial charge in [-0.3, -0.25) is 4.79 Å². The molecule has 0 atom stereocenters. The maximum atomic E-state index is 11.8. The summed E-state index contributed by atoms with van der Waals surface area (Å²) in [6.45, 7) is 3.13. The molecule has 2 heterocycles. The van der Waals surface area contributed by atoms with Crippen LogP contribution in [0.5, 0.6) is 0 Å². The van der Waals surface area contributed by atoms with Crippen molar-refractivity contribution in [3.05, 3.63) is 50.6 Å². The molecule has 5 heteroatoms. The number of aryl methyl sites for hydroxylation is 1. The average molecular weight is 303 g/mol. The SMILES string of the molecule is Cc1ccsc1CNC1CCC(n2ncccc2=O)CC1. The molecule has 3 rings (SSSR count). The van der Waals surface area contributed by atoms with Gasteiger partial charge in [-0.05, 0) is 55.7 Å². The van der Waals surface area contributed by atoms with Crippen LogP contribution >= 0.6 is 11.3 Å². The number of thiophene rings is 1. The molecule has 1 saturated carbocycles. The van der Waals surface area contributed by atoms with Crippen LogP contribution in [0.25, 0.3) is 0 Å². The molecule has 0 aromatic carbocycles. The summed E-state index contributed by atoms with van der Waals surface area (Å²) < 4.78 is 1.65. The summed E-state index contributed by atoms with van der Waals surface area (Å²) in [5.41, 5.74) is 1.39. The molecule has 1 fully saturated rings. The van der Waals surface area contributed by atoms with E-state index in [2.05, 4.69) is 28.8 Å². The van der Waals surface area contributed by atoms with E-state index in [4.69, 9.17) is 0 Å². The second kappa shape index (κ2) is 6.54. The Balaban J connectivity index is 1.52. The van der Waals surface area contributed by atoms with Crippen LogP contribution in [-0.2, 0) is 6.54 Å². The van der Waals surface area contributed by atoms with Gasteiger partial charge in [0.25, 0.3) is 5.56 Å². The molecular weight excluding hydrogens is 282 g/mol. The molecule has 1 N–H and O–H groups in total. The minimum atomic E-state index is 0.0168. The lowest BCUT2D eigenvalue weighted by atomic mass is 9.91. The van der Waals surface area contributed by atoms with Crippen LogP contribution in [-0.4, -0.2) is 15.8 Å². The summed E-state index contributed by atoms with van der Waals surface area (Å²) in [7, 11) is 0. The lowest BCUT2D eigenvalue weighted by Gasteiger charge is -2.29. The smallest absolute Gasteiger partial charge is 0.266 e. The average Bonchev–Trinajstić information content (AvgIpc) is 2.92. The van der Waals surface area contributed by atoms with E-state index in [1.165, 1.54) is 10.4 Å². The molecule has 2 aromatic rings. The largest absolute Gasteiger partial charge is 0.309 e. The molecule has 1 aliphatic rings. The maximum absolute atomic E-state index is 11.8. The van der Waals surface area contributed by atoms with Gasteiger partial charge in [-0.15, -0.1) is 11.3 Å². The van der Waals surface area contributed by atoms with Crippen molar-refractivity contribution >= 4 is 11.3 Å². The topological polar surface area (TPSA) is 46.9 Å². The molecule has 0 spiro atoms. The van der Waals surface area contributed by atoms with E-state index in [-0.39, 0.29) is 11.6 Å². The molecule has 4 nitrogen and oxygen atoms in total. The van der Waals surface area contributed by atoms with E-state index < -0.39 is 0 Å². The third-order valence-corrected chi connectivity index (χ3v) is 5.33. The molecular formula is C16H21N3OS. The zero-order valence-electron chi connectivity index (χ0n) is 12.3. The summed E-state index contributed by atoms with van der Waals surface area (Å²) >= 11 is 1.82. The van der Waals surface area contributed by atoms with E-state index in [9.17, 15) is 4.79 Å². The van der Waals surface area contributed by atoms with Crippen molar-refractivity contribution in [2.45, 2.75) is 51.2 Å². The fraction of sp³-hybridized carbons (Fsp3) is 0.500. The van der Waals surface area contributed by atoms with Crippen LogP contribution in [0.15, 0.2) is 34.6 Å². The molecule has 0 saturated heterocycles. The second-order valence-electron chi connectivity index (χ2n) is 5.72. The van der Waals surface area contributed by atoms with Gasteiger partial charge in [0.1, 0.15) is 0 Å². The fourth-order valence-corrected chi connectivity index (χ4v) is 3.85. The van der Waals surface area contributed by atoms with E-state index in [0.717, 1.165) is 32.2 Å². The number of rotatable bonds is 4. The Hall–Kier alpha value is -1.46. The van der Waals surface area contributed by atoms with Gasteiger partial charge in [0, 0.05) is 29.7 Å². The minimum absolute atomic E-state index is 0.0168. The van der Waals surface area contributed by atoms with Crippen molar-refractivity contribution in [1.29, 1.82) is 0 Å². The molecule has 1 aliphatic carbocycles. The van der Waals surface area contributed by atoms with Crippen LogP contribution in [0.4, 0.5) is 0 Å². The summed E-state index contributed by atoms with van der Waals surface area (Å²) in [6.07, 6.45) is 5.97. The fourth-order valence-electron chi connectivity index (χ4n) is 2.99. The zero-order valence-corrected chi connectivity index (χ0v) is 13.1. The van der Waals surface area contributed by atoms with Gasteiger partial charge in [0.15, 0.2) is 0 Å². The number of nitrogens with zero attached hydrogens (tertiary/aromatic N) is 2. The van der Waals surface area contributed by atoms with E-state index >= 15 is 0 Å². The molecule has 0 amide bonds. The first-order valence-electron chi connectivity index (χ1n) is 7.54. The normalized spacial score (nSPS) is 22.3. The maximum Gasteiger partial charge on any atom is 0.266 e. The van der Waals surface area contributed by atoms with Crippen LogP contribution < -0.4 is 10.9 Å². The Morgan fingerprint density at radius 3 is 2.81 bits per heavy atom. The number of nitrogens with one attached hydrogen (secondary N) is 1. The highest BCUT2D eigenvalue weighted by Gasteiger charge is 2.23. The first kappa shape index (κ1) is 14.5. The van der Waals surface area contributed by atoms with Crippen molar-refractivity contribution in [2.75, 3.05) is 0 Å². The molecule has 0 aliphatic heterocycles. The van der Waals surface area contributed by atoms with Crippen molar-refractivity contribution in [1.82, 2.24) is 15.1 Å². The van der Waals surface area contributed by atoms with E-state index in [1.54, 1.807) is 23.0 Å². The van der Waals surface area contributed by atoms with Crippen LogP contribution in [0.1, 0.15) is 42.2 Å². The van der Waals surface area contributed by atoms with Crippen molar-refractivity contribution in [3.63, 3.8) is 0 Å². The van der Waals surface area contributed by atoms with Gasteiger partial charge >= 0.3 is 0 Å². The Labute approximate surface area is 128 Å². The highest BCUT2D eigenvalue weighted by atomic mass is 32.1. The second-order valence-corrected chi connectivity index (χ2v) is 6.72. The minimum Gasteiger partial charge on any atom is -0.309 e. The molecule has 0 unspecified atom stereocenters. The third kappa shape index (κ3) is 3.41. The zero-order chi connectivity index (χ0) is 14.7. The highest BCUT2D eigenvalue weighted by molar-refractivity contribution is 7.10. The van der Waals surface area contributed by atoms with Crippen LogP contribution in [0.3, 0.4) is 0 Å². The summed E-state index contributed by atoms with van der Waals surface area (Å²) in [5, 5.41) is 10.0. The third-order valence-electron chi connectivity index (χ3n) is 4.30. The Kier molecular flexibility index (Phi) is 4.51. The molecule has 0 radical (unpaired) electrons. The van der Waals surface area contributed by atoms with Crippen molar-refractivity contribution in [3.8, 4) is 0 Å². The lowest BCUT2D eigenvalue weighted by molar-refractivity contribution is 0.269. The van der Waals surface area contributed by atoms with E-state index in [1.807, 2.05) is 11.3 Å². The summed E-state index contributed by atoms with van der Waals surface area (Å²) in [4.78, 5) is 13.2. The van der Waals surface area contributed by atoms with E-state index in [0.29, 0.717) is 6.04 Å². The number of hydrogen-bond acceptors (Lipinski definition) is 4. The van der Waals surface area contributed by atoms with Gasteiger partial charge in [0.05, 0.1) is 6.04 Å². The van der Waals surface area contributed by atoms with Crippen molar-refractivity contribution < 1.29 is 0 Å². The molecule has 2 aromatic heterocycles. The summed E-state index contributed by atoms with van der Waals surface area (Å²) in [6, 6.07) is 6.29. The van der Waals surface area contributed by atoms with Gasteiger partial charge < -0.3 is 5.32 Å². The van der Waals surface area contributed by atoms with Crippen LogP contribution in [0.2, 0.25) is 0 Å². The monoisotopic (exact) mass is 303 g/mol. The predicted molar refractivity (Wildman–Crippen MR) is 85.7 cm³/mol. The molecule has 21 heavy (non-hydrogen) atoms. The Morgan fingerprint density at radius 2 is 2.14 bits per heavy atom. The van der Waals surface area contributed by atoms with Gasteiger partial charge in [-0.2, -0.15) is 5.10 Å². The quantitative estimate of drug-likeness (QED) is 0.944. The Bertz CT molecular complexity index is 641. The highest BCUT2D eigenvalue weighted by Crippen LogP contribution is 2.27. The van der Waals surface area contributed by atoms with Crippen LogP contribution in [0, 0.1) is 6.92 Å². The van der Waals surface area contributed by atoms with Gasteiger partial charge in [-0.25, -0.2) is 4.68 Å².